The first kappa shape index (κ1) is 11.6. The van der Waals surface area contributed by atoms with Crippen LogP contribution < -0.4 is 0 Å². The van der Waals surface area contributed by atoms with Crippen LogP contribution in [0.4, 0.5) is 0 Å². The Morgan fingerprint density at radius 3 is 2.81 bits per heavy atom. The summed E-state index contributed by atoms with van der Waals surface area (Å²) in [6.45, 7) is 0. The van der Waals surface area contributed by atoms with Crippen molar-refractivity contribution in [2.75, 3.05) is 0 Å². The maximum absolute atomic E-state index is 10.7. The van der Waals surface area contributed by atoms with Crippen molar-refractivity contribution >= 4 is 44.8 Å². The molecule has 16 heavy (non-hydrogen) atoms. The first-order chi connectivity index (χ1) is 7.58. The van der Waals surface area contributed by atoms with Crippen LogP contribution in [0.5, 0.6) is 0 Å². The molecule has 2 rings (SSSR count). The fraction of sp³-hybridized carbons (Fsp3) is 0. The lowest BCUT2D eigenvalue weighted by atomic mass is 10.2. The molecule has 0 aliphatic heterocycles. The van der Waals surface area contributed by atoms with Crippen LogP contribution in [0.3, 0.4) is 0 Å². The van der Waals surface area contributed by atoms with Crippen LogP contribution in [-0.2, 0) is 0 Å². The number of hydrogen-bond acceptors (Lipinski definition) is 3. The summed E-state index contributed by atoms with van der Waals surface area (Å²) in [6, 6.07) is 5.38. The number of rotatable bonds is 2. The Kier molecular flexibility index (Phi) is 3.28. The molecular weight excluding hydrogens is 314 g/mol. The fourth-order valence-corrected chi connectivity index (χ4v) is 2.35. The van der Waals surface area contributed by atoms with Gasteiger partial charge in [-0.25, -0.2) is 9.78 Å². The van der Waals surface area contributed by atoms with Gasteiger partial charge in [-0.3, -0.25) is 0 Å². The number of carbonyl (C=O) groups is 1. The third-order valence-electron chi connectivity index (χ3n) is 1.89. The number of aromatic nitrogens is 1. The summed E-state index contributed by atoms with van der Waals surface area (Å²) in [4.78, 5) is 14.7. The third kappa shape index (κ3) is 2.26. The van der Waals surface area contributed by atoms with Gasteiger partial charge in [0.1, 0.15) is 5.01 Å². The normalized spacial score (nSPS) is 10.4. The van der Waals surface area contributed by atoms with Gasteiger partial charge in [0, 0.05) is 15.4 Å². The smallest absolute Gasteiger partial charge is 0.355 e. The molecule has 0 aliphatic carbocycles. The molecule has 1 aromatic heterocycles. The molecule has 0 amide bonds. The highest BCUT2D eigenvalue weighted by molar-refractivity contribution is 9.10. The number of carboxylic acids is 1. The largest absolute Gasteiger partial charge is 0.476 e. The van der Waals surface area contributed by atoms with E-state index in [0.717, 1.165) is 10.0 Å². The fourth-order valence-electron chi connectivity index (χ4n) is 1.13. The molecule has 0 fully saturated rings. The van der Waals surface area contributed by atoms with Crippen molar-refractivity contribution in [3.05, 3.63) is 38.8 Å². The molecule has 6 heteroatoms. The lowest BCUT2D eigenvalue weighted by Crippen LogP contribution is -1.95. The summed E-state index contributed by atoms with van der Waals surface area (Å²) >= 11 is 10.5. The molecular formula is C10H5BrClNO2S. The Morgan fingerprint density at radius 2 is 2.25 bits per heavy atom. The van der Waals surface area contributed by atoms with Gasteiger partial charge in [0.15, 0.2) is 5.69 Å². The summed E-state index contributed by atoms with van der Waals surface area (Å²) < 4.78 is 0.799. The minimum atomic E-state index is -1.02. The van der Waals surface area contributed by atoms with Gasteiger partial charge in [0.2, 0.25) is 0 Å². The van der Waals surface area contributed by atoms with Crippen molar-refractivity contribution in [3.63, 3.8) is 0 Å². The zero-order chi connectivity index (χ0) is 11.7. The quantitative estimate of drug-likeness (QED) is 0.913. The molecule has 0 saturated heterocycles. The van der Waals surface area contributed by atoms with Crippen molar-refractivity contribution in [2.24, 2.45) is 0 Å². The van der Waals surface area contributed by atoms with Gasteiger partial charge in [-0.1, -0.05) is 17.7 Å². The van der Waals surface area contributed by atoms with Gasteiger partial charge in [0.05, 0.1) is 5.02 Å². The summed E-state index contributed by atoms with van der Waals surface area (Å²) in [7, 11) is 0. The van der Waals surface area contributed by atoms with Gasteiger partial charge in [0.25, 0.3) is 0 Å². The second kappa shape index (κ2) is 4.53. The predicted octanol–water partition coefficient (Wildman–Crippen LogP) is 3.92. The van der Waals surface area contributed by atoms with E-state index >= 15 is 0 Å². The zero-order valence-electron chi connectivity index (χ0n) is 7.78. The average molecular weight is 319 g/mol. The number of halogens is 2. The van der Waals surface area contributed by atoms with Crippen molar-refractivity contribution < 1.29 is 9.90 Å². The van der Waals surface area contributed by atoms with E-state index in [-0.39, 0.29) is 5.69 Å². The Labute approximate surface area is 109 Å². The van der Waals surface area contributed by atoms with Crippen LogP contribution in [0.15, 0.2) is 28.1 Å². The van der Waals surface area contributed by atoms with Crippen LogP contribution in [0.25, 0.3) is 10.6 Å². The molecule has 0 unspecified atom stereocenters. The molecule has 0 bridgehead atoms. The Hall–Kier alpha value is -0.910. The van der Waals surface area contributed by atoms with Gasteiger partial charge in [-0.2, -0.15) is 0 Å². The van der Waals surface area contributed by atoms with Crippen LogP contribution >= 0.6 is 38.9 Å². The van der Waals surface area contributed by atoms with E-state index in [9.17, 15) is 4.79 Å². The summed E-state index contributed by atoms with van der Waals surface area (Å²) in [5.41, 5.74) is 0.866. The molecule has 82 valence electrons. The highest BCUT2D eigenvalue weighted by Gasteiger charge is 2.10. The Balaban J connectivity index is 2.42. The van der Waals surface area contributed by atoms with E-state index in [1.807, 2.05) is 6.07 Å². The maximum atomic E-state index is 10.7. The number of aromatic carboxylic acids is 1. The lowest BCUT2D eigenvalue weighted by Gasteiger charge is -1.98. The standard InChI is InChI=1S/C10H5BrClNO2S/c11-6-2-1-5(3-7(6)12)9-13-8(4-16-9)10(14)15/h1-4H,(H,14,15). The molecule has 1 N–H and O–H groups in total. The number of benzene rings is 1. The number of nitrogens with zero attached hydrogens (tertiary/aromatic N) is 1. The molecule has 1 heterocycles. The number of thiazole rings is 1. The molecule has 3 nitrogen and oxygen atoms in total. The van der Waals surface area contributed by atoms with E-state index in [1.165, 1.54) is 16.7 Å². The zero-order valence-corrected chi connectivity index (χ0v) is 10.9. The predicted molar refractivity (Wildman–Crippen MR) is 67.2 cm³/mol. The molecule has 0 aliphatic rings. The molecule has 1 aromatic carbocycles. The van der Waals surface area contributed by atoms with E-state index < -0.39 is 5.97 Å². The first-order valence-corrected chi connectivity index (χ1v) is 6.27. The minimum absolute atomic E-state index is 0.0547. The second-order valence-corrected chi connectivity index (χ2v) is 5.09. The molecule has 0 atom stereocenters. The summed E-state index contributed by atoms with van der Waals surface area (Å²) in [5, 5.41) is 11.5. The van der Waals surface area contributed by atoms with Gasteiger partial charge in [-0.05, 0) is 28.1 Å². The molecule has 0 saturated carbocycles. The van der Waals surface area contributed by atoms with Crippen LogP contribution in [0, 0.1) is 0 Å². The van der Waals surface area contributed by atoms with Crippen molar-refractivity contribution in [2.45, 2.75) is 0 Å². The van der Waals surface area contributed by atoms with E-state index in [2.05, 4.69) is 20.9 Å². The second-order valence-electron chi connectivity index (χ2n) is 2.97. The maximum Gasteiger partial charge on any atom is 0.355 e. The molecule has 0 spiro atoms. The SMILES string of the molecule is O=C(O)c1csc(-c2ccc(Br)c(Cl)c2)n1. The Morgan fingerprint density at radius 1 is 1.50 bits per heavy atom. The number of carboxylic acid groups (broad SMARTS) is 1. The topological polar surface area (TPSA) is 50.2 Å². The molecule has 0 radical (unpaired) electrons. The van der Waals surface area contributed by atoms with E-state index in [4.69, 9.17) is 16.7 Å². The van der Waals surface area contributed by atoms with Crippen LogP contribution in [0.2, 0.25) is 5.02 Å². The highest BCUT2D eigenvalue weighted by Crippen LogP contribution is 2.30. The van der Waals surface area contributed by atoms with Crippen molar-refractivity contribution in [1.82, 2.24) is 4.98 Å². The minimum Gasteiger partial charge on any atom is -0.476 e. The van der Waals surface area contributed by atoms with Gasteiger partial charge in [-0.15, -0.1) is 11.3 Å². The van der Waals surface area contributed by atoms with Crippen molar-refractivity contribution in [1.29, 1.82) is 0 Å². The first-order valence-electron chi connectivity index (χ1n) is 4.22. The van der Waals surface area contributed by atoms with Crippen LogP contribution in [0.1, 0.15) is 10.5 Å². The lowest BCUT2D eigenvalue weighted by molar-refractivity contribution is 0.0691. The van der Waals surface area contributed by atoms with E-state index in [0.29, 0.717) is 10.0 Å². The van der Waals surface area contributed by atoms with E-state index in [1.54, 1.807) is 12.1 Å². The number of hydrogen-bond donors (Lipinski definition) is 1. The van der Waals surface area contributed by atoms with Gasteiger partial charge >= 0.3 is 5.97 Å². The Bertz CT molecular complexity index is 556. The van der Waals surface area contributed by atoms with Crippen LogP contribution in [-0.4, -0.2) is 16.1 Å². The third-order valence-corrected chi connectivity index (χ3v) is 4.01. The summed E-state index contributed by atoms with van der Waals surface area (Å²) in [6.07, 6.45) is 0. The van der Waals surface area contributed by atoms with Crippen molar-refractivity contribution in [3.8, 4) is 10.6 Å². The summed E-state index contributed by atoms with van der Waals surface area (Å²) in [5.74, 6) is -1.02. The highest BCUT2D eigenvalue weighted by atomic mass is 79.9. The monoisotopic (exact) mass is 317 g/mol. The molecule has 2 aromatic rings. The average Bonchev–Trinajstić information content (AvgIpc) is 2.71. The van der Waals surface area contributed by atoms with Gasteiger partial charge < -0.3 is 5.11 Å².